The van der Waals surface area contributed by atoms with Crippen LogP contribution in [-0.4, -0.2) is 53.3 Å². The fourth-order valence-electron chi connectivity index (χ4n) is 2.05. The molecule has 1 fully saturated rings. The first-order valence-corrected chi connectivity index (χ1v) is 7.33. The first kappa shape index (κ1) is 14.8. The van der Waals surface area contributed by atoms with Crippen molar-refractivity contribution in [3.05, 3.63) is 24.5 Å². The van der Waals surface area contributed by atoms with Crippen LogP contribution in [0.5, 0.6) is 0 Å². The normalized spacial score (nSPS) is 18.8. The summed E-state index contributed by atoms with van der Waals surface area (Å²) in [5, 5.41) is 0. The number of primary amides is 1. The van der Waals surface area contributed by atoms with Crippen LogP contribution in [0.1, 0.15) is 6.42 Å². The van der Waals surface area contributed by atoms with E-state index in [1.807, 2.05) is 12.1 Å². The van der Waals surface area contributed by atoms with Gasteiger partial charge in [0.15, 0.2) is 0 Å². The minimum absolute atomic E-state index is 0.00126. The topological polar surface area (TPSA) is 85.5 Å². The fraction of sp³-hybridized carbons (Fsp3) is 0.462. The van der Waals surface area contributed by atoms with E-state index in [1.54, 1.807) is 17.3 Å². The molecule has 1 saturated heterocycles. The summed E-state index contributed by atoms with van der Waals surface area (Å²) in [4.78, 5) is 29.9. The second-order valence-electron chi connectivity index (χ2n) is 4.46. The number of carbonyl (C=O) groups excluding carboxylic acids is 2. The summed E-state index contributed by atoms with van der Waals surface area (Å²) in [6, 6.07) is 3.47. The molecule has 0 bridgehead atoms. The average Bonchev–Trinajstić information content (AvgIpc) is 2.46. The highest BCUT2D eigenvalue weighted by atomic mass is 32.2. The number of pyridine rings is 1. The fourth-order valence-corrected chi connectivity index (χ4v) is 2.82. The van der Waals surface area contributed by atoms with Gasteiger partial charge in [0.25, 0.3) is 0 Å². The maximum atomic E-state index is 12.2. The highest BCUT2D eigenvalue weighted by molar-refractivity contribution is 8.00. The molecule has 1 aliphatic rings. The van der Waals surface area contributed by atoms with Crippen LogP contribution < -0.4 is 5.73 Å². The Labute approximate surface area is 121 Å². The number of amides is 2. The molecule has 2 N–H and O–H groups in total. The van der Waals surface area contributed by atoms with Crippen molar-refractivity contribution in [3.63, 3.8) is 0 Å². The smallest absolute Gasteiger partial charge is 0.233 e. The molecule has 1 atom stereocenters. The molecule has 1 aromatic rings. The van der Waals surface area contributed by atoms with E-state index in [0.29, 0.717) is 25.5 Å². The third-order valence-corrected chi connectivity index (χ3v) is 3.99. The zero-order chi connectivity index (χ0) is 14.4. The molecular weight excluding hydrogens is 278 g/mol. The zero-order valence-corrected chi connectivity index (χ0v) is 11.8. The van der Waals surface area contributed by atoms with Gasteiger partial charge >= 0.3 is 0 Å². The Hall–Kier alpha value is -1.60. The van der Waals surface area contributed by atoms with E-state index < -0.39 is 5.91 Å². The van der Waals surface area contributed by atoms with Gasteiger partial charge in [-0.2, -0.15) is 0 Å². The van der Waals surface area contributed by atoms with Crippen LogP contribution in [0.2, 0.25) is 0 Å². The van der Waals surface area contributed by atoms with E-state index in [0.717, 1.165) is 4.90 Å². The quantitative estimate of drug-likeness (QED) is 0.788. The highest BCUT2D eigenvalue weighted by Gasteiger charge is 2.28. The van der Waals surface area contributed by atoms with Crippen LogP contribution in [0.3, 0.4) is 0 Å². The molecule has 0 saturated carbocycles. The van der Waals surface area contributed by atoms with Crippen molar-refractivity contribution in [1.82, 2.24) is 9.88 Å². The minimum atomic E-state index is -0.417. The van der Waals surface area contributed by atoms with Crippen molar-refractivity contribution in [2.24, 2.45) is 5.73 Å². The van der Waals surface area contributed by atoms with Crippen molar-refractivity contribution in [2.75, 3.05) is 25.5 Å². The third kappa shape index (κ3) is 4.21. The largest absolute Gasteiger partial charge is 0.377 e. The van der Waals surface area contributed by atoms with E-state index in [1.165, 1.54) is 11.8 Å². The summed E-state index contributed by atoms with van der Waals surface area (Å²) in [6.45, 7) is 1.38. The van der Waals surface area contributed by atoms with Crippen molar-refractivity contribution >= 4 is 23.6 Å². The maximum absolute atomic E-state index is 12.2. The Kier molecular flexibility index (Phi) is 5.37. The van der Waals surface area contributed by atoms with Crippen LogP contribution in [0.25, 0.3) is 0 Å². The van der Waals surface area contributed by atoms with Crippen LogP contribution in [-0.2, 0) is 14.3 Å². The molecule has 2 amide bonds. The number of morpholine rings is 1. The number of rotatable bonds is 5. The number of aromatic nitrogens is 1. The summed E-state index contributed by atoms with van der Waals surface area (Å²) in [6.07, 6.45) is 3.53. The monoisotopic (exact) mass is 295 g/mol. The highest BCUT2D eigenvalue weighted by Crippen LogP contribution is 2.19. The lowest BCUT2D eigenvalue weighted by Crippen LogP contribution is -2.50. The molecule has 0 aromatic carbocycles. The molecule has 0 aliphatic carbocycles. The SMILES string of the molecule is NC(=O)C[C@H]1COCCN1C(=O)CSc1ccncc1. The van der Waals surface area contributed by atoms with Crippen molar-refractivity contribution in [3.8, 4) is 0 Å². The van der Waals surface area contributed by atoms with Crippen molar-refractivity contribution in [1.29, 1.82) is 0 Å². The predicted molar refractivity (Wildman–Crippen MR) is 75.1 cm³/mol. The summed E-state index contributed by atoms with van der Waals surface area (Å²) in [7, 11) is 0. The lowest BCUT2D eigenvalue weighted by Gasteiger charge is -2.35. The van der Waals surface area contributed by atoms with Crippen LogP contribution >= 0.6 is 11.8 Å². The summed E-state index contributed by atoms with van der Waals surface area (Å²) in [5.74, 6) is -0.0827. The number of thioether (sulfide) groups is 1. The molecule has 0 spiro atoms. The Morgan fingerprint density at radius 3 is 2.90 bits per heavy atom. The minimum Gasteiger partial charge on any atom is -0.377 e. The van der Waals surface area contributed by atoms with Gasteiger partial charge in [-0.25, -0.2) is 0 Å². The second kappa shape index (κ2) is 7.25. The van der Waals surface area contributed by atoms with Gasteiger partial charge in [-0.3, -0.25) is 14.6 Å². The summed E-state index contributed by atoms with van der Waals surface area (Å²) >= 11 is 1.45. The number of nitrogens with two attached hydrogens (primary N) is 1. The second-order valence-corrected chi connectivity index (χ2v) is 5.51. The van der Waals surface area contributed by atoms with Crippen molar-refractivity contribution < 1.29 is 14.3 Å². The molecule has 1 aromatic heterocycles. The molecule has 7 heteroatoms. The van der Waals surface area contributed by atoms with Gasteiger partial charge in [-0.1, -0.05) is 0 Å². The van der Waals surface area contributed by atoms with Gasteiger partial charge in [0, 0.05) is 30.3 Å². The van der Waals surface area contributed by atoms with Crippen molar-refractivity contribution in [2.45, 2.75) is 17.4 Å². The molecule has 2 rings (SSSR count). The number of ether oxygens (including phenoxy) is 1. The number of nitrogens with zero attached hydrogens (tertiary/aromatic N) is 2. The average molecular weight is 295 g/mol. The number of carbonyl (C=O) groups is 2. The molecule has 1 aliphatic heterocycles. The Balaban J connectivity index is 1.90. The molecule has 0 unspecified atom stereocenters. The van der Waals surface area contributed by atoms with Crippen LogP contribution in [0.15, 0.2) is 29.4 Å². The van der Waals surface area contributed by atoms with Gasteiger partial charge < -0.3 is 15.4 Å². The van der Waals surface area contributed by atoms with Crippen LogP contribution in [0.4, 0.5) is 0 Å². The van der Waals surface area contributed by atoms with E-state index in [-0.39, 0.29) is 18.4 Å². The number of hydrogen-bond donors (Lipinski definition) is 1. The molecule has 0 radical (unpaired) electrons. The van der Waals surface area contributed by atoms with Crippen LogP contribution in [0, 0.1) is 0 Å². The van der Waals surface area contributed by atoms with E-state index >= 15 is 0 Å². The summed E-state index contributed by atoms with van der Waals surface area (Å²) < 4.78 is 5.31. The molecule has 2 heterocycles. The number of hydrogen-bond acceptors (Lipinski definition) is 5. The standard InChI is InChI=1S/C13H17N3O3S/c14-12(17)7-10-8-19-6-5-16(10)13(18)9-20-11-1-3-15-4-2-11/h1-4,10H,5-9H2,(H2,14,17)/t10-/m0/s1. The predicted octanol–water partition coefficient (Wildman–Crippen LogP) is 0.277. The van der Waals surface area contributed by atoms with E-state index in [9.17, 15) is 9.59 Å². The maximum Gasteiger partial charge on any atom is 0.233 e. The molecule has 108 valence electrons. The Morgan fingerprint density at radius 1 is 1.45 bits per heavy atom. The van der Waals surface area contributed by atoms with Gasteiger partial charge in [0.2, 0.25) is 11.8 Å². The molecular formula is C13H17N3O3S. The lowest BCUT2D eigenvalue weighted by atomic mass is 10.1. The lowest BCUT2D eigenvalue weighted by molar-refractivity contribution is -0.138. The van der Waals surface area contributed by atoms with E-state index in [2.05, 4.69) is 4.98 Å². The summed E-state index contributed by atoms with van der Waals surface area (Å²) in [5.41, 5.74) is 5.21. The Bertz CT molecular complexity index is 469. The van der Waals surface area contributed by atoms with Gasteiger partial charge in [0.05, 0.1) is 25.0 Å². The Morgan fingerprint density at radius 2 is 2.20 bits per heavy atom. The molecule has 20 heavy (non-hydrogen) atoms. The van der Waals surface area contributed by atoms with Gasteiger partial charge in [-0.15, -0.1) is 11.8 Å². The van der Waals surface area contributed by atoms with Gasteiger partial charge in [0.1, 0.15) is 0 Å². The first-order chi connectivity index (χ1) is 9.66. The first-order valence-electron chi connectivity index (χ1n) is 6.35. The zero-order valence-electron chi connectivity index (χ0n) is 11.0. The van der Waals surface area contributed by atoms with E-state index in [4.69, 9.17) is 10.5 Å². The third-order valence-electron chi connectivity index (χ3n) is 3.00. The molecule has 6 nitrogen and oxygen atoms in total. The van der Waals surface area contributed by atoms with Gasteiger partial charge in [-0.05, 0) is 12.1 Å².